The molecule has 2 aromatic carbocycles. The van der Waals surface area contributed by atoms with Crippen molar-refractivity contribution in [2.24, 2.45) is 5.10 Å². The molecule has 1 aromatic heterocycles. The Morgan fingerprint density at radius 3 is 2.88 bits per heavy atom. The monoisotopic (exact) mass is 383 g/mol. The Labute approximate surface area is 147 Å². The maximum Gasteiger partial charge on any atom is 0.272 e. The molecule has 0 atom stereocenters. The Bertz CT molecular complexity index is 954. The zero-order chi connectivity index (χ0) is 17.1. The van der Waals surface area contributed by atoms with Crippen LogP contribution in [-0.4, -0.2) is 22.2 Å². The highest BCUT2D eigenvalue weighted by Crippen LogP contribution is 2.20. The van der Waals surface area contributed by atoms with Gasteiger partial charge in [0.1, 0.15) is 5.75 Å². The molecule has 1 amide bonds. The molecular formula is C18H14BrN3O2. The molecule has 0 bridgehead atoms. The van der Waals surface area contributed by atoms with Gasteiger partial charge in [0.15, 0.2) is 0 Å². The Kier molecular flexibility index (Phi) is 4.57. The summed E-state index contributed by atoms with van der Waals surface area (Å²) < 4.78 is 0.809. The number of aryl methyl sites for hydroxylation is 1. The van der Waals surface area contributed by atoms with Crippen LogP contribution >= 0.6 is 15.9 Å². The first-order valence-electron chi connectivity index (χ1n) is 7.23. The largest absolute Gasteiger partial charge is 0.507 e. The minimum Gasteiger partial charge on any atom is -0.507 e. The highest BCUT2D eigenvalue weighted by Gasteiger charge is 2.11. The SMILES string of the molecule is Cc1cc(C(=O)N/N=C/c2cc(Br)ccc2O)c2ccccc2n1. The van der Waals surface area contributed by atoms with Gasteiger partial charge >= 0.3 is 0 Å². The molecule has 0 aliphatic rings. The molecule has 6 heteroatoms. The Morgan fingerprint density at radius 2 is 2.04 bits per heavy atom. The number of hydrogen-bond donors (Lipinski definition) is 2. The molecule has 0 radical (unpaired) electrons. The van der Waals surface area contributed by atoms with E-state index in [9.17, 15) is 9.90 Å². The number of phenolic OH excluding ortho intramolecular Hbond substituents is 1. The van der Waals surface area contributed by atoms with Crippen molar-refractivity contribution in [3.05, 3.63) is 69.8 Å². The van der Waals surface area contributed by atoms with Gasteiger partial charge < -0.3 is 5.11 Å². The number of para-hydroxylation sites is 1. The van der Waals surface area contributed by atoms with Crippen molar-refractivity contribution < 1.29 is 9.90 Å². The predicted molar refractivity (Wildman–Crippen MR) is 97.3 cm³/mol. The van der Waals surface area contributed by atoms with E-state index in [4.69, 9.17) is 0 Å². The predicted octanol–water partition coefficient (Wildman–Crippen LogP) is 3.78. The third-order valence-electron chi connectivity index (χ3n) is 3.45. The average Bonchev–Trinajstić information content (AvgIpc) is 2.57. The van der Waals surface area contributed by atoms with Gasteiger partial charge in [-0.25, -0.2) is 5.43 Å². The number of aromatic nitrogens is 1. The lowest BCUT2D eigenvalue weighted by molar-refractivity contribution is 0.0956. The minimum absolute atomic E-state index is 0.0846. The number of aromatic hydroxyl groups is 1. The number of phenols is 1. The van der Waals surface area contributed by atoms with Crippen molar-refractivity contribution in [1.82, 2.24) is 10.4 Å². The van der Waals surface area contributed by atoms with Crippen molar-refractivity contribution >= 4 is 39.0 Å². The van der Waals surface area contributed by atoms with Crippen LogP contribution in [0.25, 0.3) is 10.9 Å². The summed E-state index contributed by atoms with van der Waals surface area (Å²) in [4.78, 5) is 16.8. The van der Waals surface area contributed by atoms with Gasteiger partial charge in [0, 0.05) is 21.1 Å². The summed E-state index contributed by atoms with van der Waals surface area (Å²) in [6.45, 7) is 1.84. The number of benzene rings is 2. The lowest BCUT2D eigenvalue weighted by Crippen LogP contribution is -2.18. The number of pyridine rings is 1. The number of nitrogens with zero attached hydrogens (tertiary/aromatic N) is 2. The van der Waals surface area contributed by atoms with Gasteiger partial charge in [-0.1, -0.05) is 34.1 Å². The van der Waals surface area contributed by atoms with E-state index in [0.717, 1.165) is 21.1 Å². The van der Waals surface area contributed by atoms with Gasteiger partial charge in [-0.3, -0.25) is 9.78 Å². The normalized spacial score (nSPS) is 11.1. The molecule has 0 unspecified atom stereocenters. The molecule has 0 aliphatic heterocycles. The van der Waals surface area contributed by atoms with E-state index < -0.39 is 0 Å². The standard InChI is InChI=1S/C18H14BrN3O2/c1-11-8-15(14-4-2-3-5-16(14)21-11)18(24)22-20-10-12-9-13(19)6-7-17(12)23/h2-10,23H,1H3,(H,22,24)/b20-10+. The van der Waals surface area contributed by atoms with E-state index in [2.05, 4.69) is 31.4 Å². The number of hydrazone groups is 1. The summed E-state index contributed by atoms with van der Waals surface area (Å²) in [5.41, 5.74) is 5.02. The topological polar surface area (TPSA) is 74.6 Å². The van der Waals surface area contributed by atoms with E-state index in [-0.39, 0.29) is 11.7 Å². The van der Waals surface area contributed by atoms with Crippen LogP contribution in [0.2, 0.25) is 0 Å². The maximum absolute atomic E-state index is 12.4. The van der Waals surface area contributed by atoms with Crippen LogP contribution in [0.1, 0.15) is 21.6 Å². The van der Waals surface area contributed by atoms with Gasteiger partial charge in [-0.15, -0.1) is 0 Å². The molecular weight excluding hydrogens is 370 g/mol. The maximum atomic E-state index is 12.4. The zero-order valence-electron chi connectivity index (χ0n) is 12.8. The van der Waals surface area contributed by atoms with E-state index >= 15 is 0 Å². The molecule has 3 aromatic rings. The number of amides is 1. The van der Waals surface area contributed by atoms with Gasteiger partial charge in [0.2, 0.25) is 0 Å². The summed E-state index contributed by atoms with van der Waals surface area (Å²) >= 11 is 3.32. The van der Waals surface area contributed by atoms with Crippen molar-refractivity contribution in [3.63, 3.8) is 0 Å². The fraction of sp³-hybridized carbons (Fsp3) is 0.0556. The molecule has 5 nitrogen and oxygen atoms in total. The second kappa shape index (κ2) is 6.80. The number of rotatable bonds is 3. The quantitative estimate of drug-likeness (QED) is 0.533. The summed E-state index contributed by atoms with van der Waals surface area (Å²) in [6, 6.07) is 14.1. The first kappa shape index (κ1) is 16.1. The van der Waals surface area contributed by atoms with Crippen LogP contribution in [-0.2, 0) is 0 Å². The lowest BCUT2D eigenvalue weighted by atomic mass is 10.1. The smallest absolute Gasteiger partial charge is 0.272 e. The summed E-state index contributed by atoms with van der Waals surface area (Å²) in [7, 11) is 0. The van der Waals surface area contributed by atoms with Crippen molar-refractivity contribution in [1.29, 1.82) is 0 Å². The highest BCUT2D eigenvalue weighted by molar-refractivity contribution is 9.10. The van der Waals surface area contributed by atoms with E-state index in [0.29, 0.717) is 11.1 Å². The Hall–Kier alpha value is -2.73. The molecule has 0 saturated heterocycles. The second-order valence-corrected chi connectivity index (χ2v) is 6.15. The number of carbonyl (C=O) groups excluding carboxylic acids is 1. The van der Waals surface area contributed by atoms with Gasteiger partial charge in [-0.2, -0.15) is 5.10 Å². The van der Waals surface area contributed by atoms with Crippen LogP contribution in [0.5, 0.6) is 5.75 Å². The number of carbonyl (C=O) groups is 1. The van der Waals surface area contributed by atoms with E-state index in [1.165, 1.54) is 6.21 Å². The average molecular weight is 384 g/mol. The summed E-state index contributed by atoms with van der Waals surface area (Å²) in [5.74, 6) is -0.246. The van der Waals surface area contributed by atoms with Gasteiger partial charge in [0.05, 0.1) is 17.3 Å². The third kappa shape index (κ3) is 3.44. The van der Waals surface area contributed by atoms with Crippen LogP contribution < -0.4 is 5.43 Å². The van der Waals surface area contributed by atoms with Gasteiger partial charge in [-0.05, 0) is 37.3 Å². The lowest BCUT2D eigenvalue weighted by Gasteiger charge is -2.06. The summed E-state index contributed by atoms with van der Waals surface area (Å²) in [5, 5.41) is 14.5. The van der Waals surface area contributed by atoms with Crippen LogP contribution in [0.15, 0.2) is 58.1 Å². The number of halogens is 1. The van der Waals surface area contributed by atoms with Crippen LogP contribution in [0.3, 0.4) is 0 Å². The number of nitrogens with one attached hydrogen (secondary N) is 1. The molecule has 120 valence electrons. The molecule has 0 aliphatic carbocycles. The second-order valence-electron chi connectivity index (χ2n) is 5.23. The third-order valence-corrected chi connectivity index (χ3v) is 3.94. The molecule has 0 fully saturated rings. The van der Waals surface area contributed by atoms with Gasteiger partial charge in [0.25, 0.3) is 5.91 Å². The first-order valence-corrected chi connectivity index (χ1v) is 8.02. The molecule has 0 saturated carbocycles. The van der Waals surface area contributed by atoms with E-state index in [1.807, 2.05) is 31.2 Å². The van der Waals surface area contributed by atoms with Crippen LogP contribution in [0, 0.1) is 6.92 Å². The number of fused-ring (bicyclic) bond motifs is 1. The Balaban J connectivity index is 1.85. The fourth-order valence-corrected chi connectivity index (χ4v) is 2.72. The molecule has 3 rings (SSSR count). The highest BCUT2D eigenvalue weighted by atomic mass is 79.9. The van der Waals surface area contributed by atoms with Crippen molar-refractivity contribution in [3.8, 4) is 5.75 Å². The van der Waals surface area contributed by atoms with Crippen LogP contribution in [0.4, 0.5) is 0 Å². The zero-order valence-corrected chi connectivity index (χ0v) is 14.4. The number of hydrogen-bond acceptors (Lipinski definition) is 4. The molecule has 1 heterocycles. The Morgan fingerprint density at radius 1 is 1.25 bits per heavy atom. The van der Waals surface area contributed by atoms with Crippen molar-refractivity contribution in [2.75, 3.05) is 0 Å². The molecule has 0 spiro atoms. The molecule has 24 heavy (non-hydrogen) atoms. The fourth-order valence-electron chi connectivity index (χ4n) is 2.35. The summed E-state index contributed by atoms with van der Waals surface area (Å²) in [6.07, 6.45) is 1.40. The first-order chi connectivity index (χ1) is 11.5. The minimum atomic E-state index is -0.331. The van der Waals surface area contributed by atoms with Crippen molar-refractivity contribution in [2.45, 2.75) is 6.92 Å². The molecule has 2 N–H and O–H groups in total. The van der Waals surface area contributed by atoms with E-state index in [1.54, 1.807) is 24.3 Å².